The van der Waals surface area contributed by atoms with E-state index in [2.05, 4.69) is 19.2 Å². The number of nitrogens with zero attached hydrogens (tertiary/aromatic N) is 1. The Kier molecular flexibility index (Phi) is 6.79. The van der Waals surface area contributed by atoms with Crippen LogP contribution in [0.25, 0.3) is 0 Å². The van der Waals surface area contributed by atoms with Crippen LogP contribution in [0.15, 0.2) is 24.3 Å². The van der Waals surface area contributed by atoms with Crippen LogP contribution in [0.1, 0.15) is 32.3 Å². The van der Waals surface area contributed by atoms with Gasteiger partial charge in [0.1, 0.15) is 0 Å². The van der Waals surface area contributed by atoms with E-state index < -0.39 is 0 Å². The van der Waals surface area contributed by atoms with E-state index in [1.165, 1.54) is 0 Å². The molecule has 1 heterocycles. The zero-order chi connectivity index (χ0) is 17.5. The summed E-state index contributed by atoms with van der Waals surface area (Å²) in [6.45, 7) is 10.8. The molecule has 1 saturated heterocycles. The molecule has 5 nitrogen and oxygen atoms in total. The molecule has 2 N–H and O–H groups in total. The lowest BCUT2D eigenvalue weighted by molar-refractivity contribution is -0.896. The summed E-state index contributed by atoms with van der Waals surface area (Å²) in [6, 6.07) is 7.83. The number of aryl methyl sites for hydroxylation is 1. The van der Waals surface area contributed by atoms with E-state index in [4.69, 9.17) is 0 Å². The summed E-state index contributed by atoms with van der Waals surface area (Å²) in [5.41, 5.74) is 1.98. The van der Waals surface area contributed by atoms with Gasteiger partial charge in [-0.2, -0.15) is 0 Å². The predicted octanol–water partition coefficient (Wildman–Crippen LogP) is 0.779. The van der Waals surface area contributed by atoms with Gasteiger partial charge in [-0.3, -0.25) is 9.59 Å². The van der Waals surface area contributed by atoms with Crippen LogP contribution in [0.4, 0.5) is 5.69 Å². The molecule has 0 radical (unpaired) electrons. The summed E-state index contributed by atoms with van der Waals surface area (Å²) >= 11 is 0. The highest BCUT2D eigenvalue weighted by atomic mass is 16.2. The molecule has 0 aromatic heterocycles. The summed E-state index contributed by atoms with van der Waals surface area (Å²) in [4.78, 5) is 27.9. The van der Waals surface area contributed by atoms with E-state index in [1.54, 1.807) is 9.80 Å². The van der Waals surface area contributed by atoms with E-state index in [0.29, 0.717) is 19.5 Å². The van der Waals surface area contributed by atoms with Crippen LogP contribution < -0.4 is 15.1 Å². The molecule has 1 aliphatic rings. The van der Waals surface area contributed by atoms with Gasteiger partial charge in [-0.05, 0) is 32.4 Å². The fourth-order valence-electron chi connectivity index (χ4n) is 3.28. The Hall–Kier alpha value is -1.88. The van der Waals surface area contributed by atoms with Crippen LogP contribution >= 0.6 is 0 Å². The smallest absolute Gasteiger partial charge is 0.227 e. The molecular weight excluding hydrogens is 302 g/mol. The van der Waals surface area contributed by atoms with Gasteiger partial charge in [-0.15, -0.1) is 0 Å². The number of anilines is 1. The minimum Gasteiger partial charge on any atom is -0.356 e. The number of carbonyl (C=O) groups excluding carboxylic acids is 2. The summed E-state index contributed by atoms with van der Waals surface area (Å²) < 4.78 is 0. The fourth-order valence-corrected chi connectivity index (χ4v) is 3.28. The lowest BCUT2D eigenvalue weighted by atomic mass is 10.1. The average molecular weight is 332 g/mol. The first-order valence-corrected chi connectivity index (χ1v) is 9.04. The van der Waals surface area contributed by atoms with Gasteiger partial charge in [0.15, 0.2) is 0 Å². The van der Waals surface area contributed by atoms with E-state index in [-0.39, 0.29) is 17.7 Å². The SMILES string of the molecule is CC[NH+](CC)CCCNC(=O)[C@@H]1CC(=O)N(c2ccccc2C)C1. The zero-order valence-corrected chi connectivity index (χ0v) is 15.1. The van der Waals surface area contributed by atoms with Crippen LogP contribution in [-0.2, 0) is 9.59 Å². The first kappa shape index (κ1) is 18.5. The number of benzene rings is 1. The molecule has 0 aliphatic carbocycles. The zero-order valence-electron chi connectivity index (χ0n) is 15.1. The monoisotopic (exact) mass is 332 g/mol. The van der Waals surface area contributed by atoms with Gasteiger partial charge in [-0.1, -0.05) is 18.2 Å². The molecule has 2 amide bonds. The first-order valence-electron chi connectivity index (χ1n) is 9.04. The lowest BCUT2D eigenvalue weighted by Crippen LogP contribution is -3.11. The normalized spacial score (nSPS) is 17.6. The molecule has 1 aliphatic heterocycles. The van der Waals surface area contributed by atoms with Crippen molar-refractivity contribution in [2.45, 2.75) is 33.6 Å². The molecule has 1 atom stereocenters. The summed E-state index contributed by atoms with van der Waals surface area (Å²) in [5.74, 6) is -0.191. The highest BCUT2D eigenvalue weighted by Crippen LogP contribution is 2.27. The van der Waals surface area contributed by atoms with Crippen molar-refractivity contribution in [3.05, 3.63) is 29.8 Å². The summed E-state index contributed by atoms with van der Waals surface area (Å²) in [5, 5.41) is 3.00. The molecule has 5 heteroatoms. The van der Waals surface area contributed by atoms with E-state index in [1.807, 2.05) is 31.2 Å². The molecule has 0 spiro atoms. The van der Waals surface area contributed by atoms with Crippen LogP contribution in [0.3, 0.4) is 0 Å². The Morgan fingerprint density at radius 1 is 1.29 bits per heavy atom. The van der Waals surface area contributed by atoms with Crippen LogP contribution in [0.5, 0.6) is 0 Å². The Bertz CT molecular complexity index is 569. The van der Waals surface area contributed by atoms with Gasteiger partial charge >= 0.3 is 0 Å². The van der Waals surface area contributed by atoms with Crippen LogP contribution in [0, 0.1) is 12.8 Å². The van der Waals surface area contributed by atoms with E-state index in [0.717, 1.165) is 37.3 Å². The number of carbonyl (C=O) groups is 2. The second-order valence-corrected chi connectivity index (χ2v) is 6.54. The average Bonchev–Trinajstić information content (AvgIpc) is 2.97. The minimum absolute atomic E-state index is 0.00832. The third-order valence-electron chi connectivity index (χ3n) is 4.91. The second kappa shape index (κ2) is 8.83. The molecule has 132 valence electrons. The maximum absolute atomic E-state index is 12.3. The van der Waals surface area contributed by atoms with Crippen molar-refractivity contribution >= 4 is 17.5 Å². The summed E-state index contributed by atoms with van der Waals surface area (Å²) in [6.07, 6.45) is 1.28. The molecule has 1 aromatic rings. The highest BCUT2D eigenvalue weighted by Gasteiger charge is 2.35. The van der Waals surface area contributed by atoms with Gasteiger partial charge in [0.05, 0.1) is 25.6 Å². The number of para-hydroxylation sites is 1. The lowest BCUT2D eigenvalue weighted by Gasteiger charge is -2.19. The molecule has 2 rings (SSSR count). The maximum atomic E-state index is 12.3. The highest BCUT2D eigenvalue weighted by molar-refractivity contribution is 6.00. The Balaban J connectivity index is 1.82. The topological polar surface area (TPSA) is 53.9 Å². The van der Waals surface area contributed by atoms with Crippen molar-refractivity contribution < 1.29 is 14.5 Å². The fraction of sp³-hybridized carbons (Fsp3) is 0.579. The number of quaternary nitrogens is 1. The molecule has 1 fully saturated rings. The largest absolute Gasteiger partial charge is 0.356 e. The predicted molar refractivity (Wildman–Crippen MR) is 96.2 cm³/mol. The van der Waals surface area contributed by atoms with Crippen molar-refractivity contribution in [2.75, 3.05) is 37.6 Å². The van der Waals surface area contributed by atoms with Gasteiger partial charge in [0, 0.05) is 31.6 Å². The van der Waals surface area contributed by atoms with Crippen LogP contribution in [-0.4, -0.2) is 44.5 Å². The quantitative estimate of drug-likeness (QED) is 0.691. The first-order chi connectivity index (χ1) is 11.6. The molecular formula is C19H30N3O2+. The van der Waals surface area contributed by atoms with Crippen LogP contribution in [0.2, 0.25) is 0 Å². The molecule has 0 bridgehead atoms. The van der Waals surface area contributed by atoms with Crippen molar-refractivity contribution in [3.63, 3.8) is 0 Å². The molecule has 0 unspecified atom stereocenters. The van der Waals surface area contributed by atoms with Crippen molar-refractivity contribution in [1.29, 1.82) is 0 Å². The van der Waals surface area contributed by atoms with E-state index >= 15 is 0 Å². The number of nitrogens with one attached hydrogen (secondary N) is 2. The molecule has 1 aromatic carbocycles. The van der Waals surface area contributed by atoms with Gasteiger partial charge in [-0.25, -0.2) is 0 Å². The third kappa shape index (κ3) is 4.57. The number of hydrogen-bond donors (Lipinski definition) is 2. The Morgan fingerprint density at radius 2 is 2.00 bits per heavy atom. The van der Waals surface area contributed by atoms with E-state index in [9.17, 15) is 9.59 Å². The number of rotatable bonds is 8. The van der Waals surface area contributed by atoms with Gasteiger partial charge < -0.3 is 15.1 Å². The second-order valence-electron chi connectivity index (χ2n) is 6.54. The Labute approximate surface area is 145 Å². The Morgan fingerprint density at radius 3 is 2.67 bits per heavy atom. The van der Waals surface area contributed by atoms with Gasteiger partial charge in [0.2, 0.25) is 11.8 Å². The minimum atomic E-state index is -0.238. The maximum Gasteiger partial charge on any atom is 0.227 e. The van der Waals surface area contributed by atoms with Crippen molar-refractivity contribution in [3.8, 4) is 0 Å². The van der Waals surface area contributed by atoms with Crippen molar-refractivity contribution in [2.24, 2.45) is 5.92 Å². The van der Waals surface area contributed by atoms with Gasteiger partial charge in [0.25, 0.3) is 0 Å². The number of amides is 2. The summed E-state index contributed by atoms with van der Waals surface area (Å²) in [7, 11) is 0. The van der Waals surface area contributed by atoms with Crippen molar-refractivity contribution in [1.82, 2.24) is 5.32 Å². The number of hydrogen-bond acceptors (Lipinski definition) is 2. The molecule has 0 saturated carbocycles. The molecule has 24 heavy (non-hydrogen) atoms. The third-order valence-corrected chi connectivity index (χ3v) is 4.91. The standard InChI is InChI=1S/C19H29N3O2/c1-4-21(5-2)12-8-11-20-19(24)16-13-18(23)22(14-16)17-10-7-6-9-15(17)3/h6-7,9-10,16H,4-5,8,11-14H2,1-3H3,(H,20,24)/p+1/t16-/m1/s1.